The van der Waals surface area contributed by atoms with Gasteiger partial charge in [-0.2, -0.15) is 17.6 Å². The summed E-state index contributed by atoms with van der Waals surface area (Å²) in [6, 6.07) is 0. The Morgan fingerprint density at radius 3 is 2.35 bits per heavy atom. The highest BCUT2D eigenvalue weighted by molar-refractivity contribution is 5.79. The first-order valence-corrected chi connectivity index (χ1v) is 15.5. The van der Waals surface area contributed by atoms with E-state index >= 15 is 0 Å². The summed E-state index contributed by atoms with van der Waals surface area (Å²) in [6.45, 7) is -2.15. The van der Waals surface area contributed by atoms with Crippen molar-refractivity contribution in [3.05, 3.63) is 0 Å². The zero-order chi connectivity index (χ0) is 27.1. The number of esters is 1. The maximum absolute atomic E-state index is 14.1. The van der Waals surface area contributed by atoms with Gasteiger partial charge in [0.15, 0.2) is 11.6 Å². The van der Waals surface area contributed by atoms with E-state index in [2.05, 4.69) is 0 Å². The van der Waals surface area contributed by atoms with Crippen LogP contribution in [0.15, 0.2) is 0 Å². The lowest BCUT2D eigenvalue weighted by Crippen LogP contribution is -2.77. The molecule has 10 rings (SSSR count). The quantitative estimate of drug-likeness (QED) is 0.355. The third-order valence-electron chi connectivity index (χ3n) is 14.5. The first kappa shape index (κ1) is 24.5. The molecule has 0 radical (unpaired) electrons. The van der Waals surface area contributed by atoms with Crippen molar-refractivity contribution in [3.8, 4) is 0 Å². The molecule has 2 aliphatic heterocycles. The summed E-state index contributed by atoms with van der Waals surface area (Å²) in [7, 11) is 0. The molecule has 220 valence electrons. The second kappa shape index (κ2) is 6.88. The molecule has 6 nitrogen and oxygen atoms in total. The number of hydrogen-bond donors (Lipinski definition) is 0. The van der Waals surface area contributed by atoms with E-state index in [4.69, 9.17) is 23.7 Å². The molecular formula is C30H36F4O6. The van der Waals surface area contributed by atoms with Crippen molar-refractivity contribution in [1.82, 2.24) is 0 Å². The van der Waals surface area contributed by atoms with Crippen molar-refractivity contribution < 1.29 is 46.0 Å². The minimum atomic E-state index is -4.28. The number of halogens is 4. The van der Waals surface area contributed by atoms with Crippen LogP contribution >= 0.6 is 0 Å². The van der Waals surface area contributed by atoms with Gasteiger partial charge in [-0.1, -0.05) is 0 Å². The van der Waals surface area contributed by atoms with Crippen LogP contribution in [0.3, 0.4) is 0 Å². The summed E-state index contributed by atoms with van der Waals surface area (Å²) in [6.07, 6.45) is 9.54. The van der Waals surface area contributed by atoms with Crippen LogP contribution in [0.4, 0.5) is 17.6 Å². The summed E-state index contributed by atoms with van der Waals surface area (Å²) in [4.78, 5) is 13.7. The van der Waals surface area contributed by atoms with Gasteiger partial charge in [0.25, 0.3) is 0 Å². The Morgan fingerprint density at radius 1 is 0.775 bits per heavy atom. The third-order valence-corrected chi connectivity index (χ3v) is 14.5. The Labute approximate surface area is 230 Å². The average Bonchev–Trinajstić information content (AvgIpc) is 3.61. The van der Waals surface area contributed by atoms with Gasteiger partial charge in [0.1, 0.15) is 25.9 Å². The molecule has 2 saturated heterocycles. The molecule has 12 atom stereocenters. The number of carbonyl (C=O) groups excluding carboxylic acids is 1. The van der Waals surface area contributed by atoms with E-state index in [9.17, 15) is 22.4 Å². The maximum Gasteiger partial charge on any atom is 0.335 e. The van der Waals surface area contributed by atoms with Crippen molar-refractivity contribution in [2.45, 2.75) is 93.7 Å². The van der Waals surface area contributed by atoms with Crippen LogP contribution in [0.2, 0.25) is 0 Å². The van der Waals surface area contributed by atoms with Crippen LogP contribution in [0.5, 0.6) is 0 Å². The molecule has 40 heavy (non-hydrogen) atoms. The molecule has 0 amide bonds. The van der Waals surface area contributed by atoms with Gasteiger partial charge < -0.3 is 23.7 Å². The average molecular weight is 569 g/mol. The summed E-state index contributed by atoms with van der Waals surface area (Å²) in [5, 5.41) is 0. The summed E-state index contributed by atoms with van der Waals surface area (Å²) in [5.41, 5.74) is -0.579. The molecule has 0 aromatic carbocycles. The molecule has 8 aliphatic carbocycles. The van der Waals surface area contributed by atoms with Crippen LogP contribution in [0, 0.1) is 57.7 Å². The van der Waals surface area contributed by atoms with E-state index in [0.717, 1.165) is 18.3 Å². The SMILES string of the molecule is O=C(OCC1COC2(O1)C1CCC3CC4CC2C4(C3)C1)C12CC3CC4C5(OCC(F)(F)C(F)(F)CO5)C(C1)C34C2. The Kier molecular flexibility index (Phi) is 4.21. The fraction of sp³-hybridized carbons (Fsp3) is 0.967. The van der Waals surface area contributed by atoms with E-state index in [1.165, 1.54) is 32.1 Å². The van der Waals surface area contributed by atoms with Crippen molar-refractivity contribution in [1.29, 1.82) is 0 Å². The van der Waals surface area contributed by atoms with Crippen LogP contribution in [-0.2, 0) is 28.5 Å². The van der Waals surface area contributed by atoms with E-state index in [1.807, 2.05) is 0 Å². The van der Waals surface area contributed by atoms with Crippen molar-refractivity contribution in [2.75, 3.05) is 26.4 Å². The van der Waals surface area contributed by atoms with Gasteiger partial charge in [-0.05, 0) is 92.8 Å². The van der Waals surface area contributed by atoms with E-state index in [1.54, 1.807) is 0 Å². The van der Waals surface area contributed by atoms with Gasteiger partial charge in [-0.3, -0.25) is 4.79 Å². The largest absolute Gasteiger partial charge is 0.462 e. The third kappa shape index (κ3) is 2.42. The normalized spacial score (nSPS) is 59.5. The Hall–Kier alpha value is -0.970. The van der Waals surface area contributed by atoms with Crippen LogP contribution in [0.25, 0.3) is 0 Å². The van der Waals surface area contributed by atoms with Gasteiger partial charge in [0, 0.05) is 23.7 Å². The molecule has 8 saturated carbocycles. The molecule has 2 heterocycles. The van der Waals surface area contributed by atoms with E-state index in [-0.39, 0.29) is 41.8 Å². The molecule has 12 unspecified atom stereocenters. The highest BCUT2D eigenvalue weighted by atomic mass is 19.3. The zero-order valence-electron chi connectivity index (χ0n) is 22.5. The number of carbonyl (C=O) groups is 1. The maximum atomic E-state index is 14.1. The molecule has 5 bridgehead atoms. The van der Waals surface area contributed by atoms with Crippen molar-refractivity contribution in [2.24, 2.45) is 57.7 Å². The topological polar surface area (TPSA) is 63.2 Å². The monoisotopic (exact) mass is 568 g/mol. The second-order valence-corrected chi connectivity index (χ2v) is 15.6. The lowest BCUT2D eigenvalue weighted by Gasteiger charge is -2.74. The lowest BCUT2D eigenvalue weighted by molar-refractivity contribution is -0.436. The molecule has 10 fully saturated rings. The predicted molar refractivity (Wildman–Crippen MR) is 127 cm³/mol. The summed E-state index contributed by atoms with van der Waals surface area (Å²) in [5.74, 6) is -8.54. The standard InChI is InChI=1S/C30H36F4O6/c31-27(32)13-38-30(39-14-28(27,33)34)21-5-18-7-24(9-22(30)26(18,21)12-24)23(35)36-10-19-11-37-29(40-19)16-2-1-15-3-17-4-20(29)25(17,6-15)8-16/h15-22H,1-14H2. The van der Waals surface area contributed by atoms with Crippen LogP contribution in [0.1, 0.15) is 64.2 Å². The Morgan fingerprint density at radius 2 is 1.55 bits per heavy atom. The lowest BCUT2D eigenvalue weighted by atomic mass is 9.35. The van der Waals surface area contributed by atoms with E-state index in [0.29, 0.717) is 49.5 Å². The number of fused-ring (bicyclic) bond motifs is 7. The van der Waals surface area contributed by atoms with Gasteiger partial charge in [-0.25, -0.2) is 0 Å². The predicted octanol–water partition coefficient (Wildman–Crippen LogP) is 4.94. The first-order chi connectivity index (χ1) is 19.0. The molecule has 0 aromatic rings. The molecule has 10 aliphatic rings. The van der Waals surface area contributed by atoms with Crippen molar-refractivity contribution >= 4 is 5.97 Å². The molecule has 4 spiro atoms. The Balaban J connectivity index is 0.839. The number of ether oxygens (including phenoxy) is 5. The number of rotatable bonds is 3. The van der Waals surface area contributed by atoms with Gasteiger partial charge in [0.2, 0.25) is 0 Å². The highest BCUT2D eigenvalue weighted by Gasteiger charge is 2.90. The minimum Gasteiger partial charge on any atom is -0.462 e. The second-order valence-electron chi connectivity index (χ2n) is 15.6. The molecule has 10 heteroatoms. The summed E-state index contributed by atoms with van der Waals surface area (Å²) >= 11 is 0. The minimum absolute atomic E-state index is 0.142. The fourth-order valence-electron chi connectivity index (χ4n) is 13.1. The number of alkyl halides is 4. The molecular weight excluding hydrogens is 532 g/mol. The van der Waals surface area contributed by atoms with Gasteiger partial charge in [0.05, 0.1) is 12.0 Å². The van der Waals surface area contributed by atoms with Crippen LogP contribution in [-0.4, -0.2) is 61.9 Å². The first-order valence-electron chi connectivity index (χ1n) is 15.5. The zero-order valence-corrected chi connectivity index (χ0v) is 22.5. The molecule has 0 aromatic heterocycles. The summed E-state index contributed by atoms with van der Waals surface area (Å²) < 4.78 is 86.6. The smallest absolute Gasteiger partial charge is 0.335 e. The highest BCUT2D eigenvalue weighted by Crippen LogP contribution is 2.88. The Bertz CT molecular complexity index is 1190. The van der Waals surface area contributed by atoms with Gasteiger partial charge in [-0.15, -0.1) is 0 Å². The van der Waals surface area contributed by atoms with Gasteiger partial charge >= 0.3 is 17.8 Å². The van der Waals surface area contributed by atoms with Crippen molar-refractivity contribution in [3.63, 3.8) is 0 Å². The van der Waals surface area contributed by atoms with E-state index < -0.39 is 42.0 Å². The van der Waals surface area contributed by atoms with Crippen LogP contribution < -0.4 is 0 Å². The number of hydrogen-bond acceptors (Lipinski definition) is 6. The fourth-order valence-corrected chi connectivity index (χ4v) is 13.1. The molecule has 0 N–H and O–H groups in total.